The molecule has 8 rings (SSSR count). The van der Waals surface area contributed by atoms with Gasteiger partial charge in [0.25, 0.3) is 0 Å². The van der Waals surface area contributed by atoms with Crippen LogP contribution in [0.1, 0.15) is 52.8 Å². The Bertz CT molecular complexity index is 3230. The molecule has 2 aromatic rings. The minimum atomic E-state index is -6.41. The number of nitriles is 1. The van der Waals surface area contributed by atoms with E-state index in [1.165, 1.54) is 24.3 Å². The first-order chi connectivity index (χ1) is 41.4. The van der Waals surface area contributed by atoms with Gasteiger partial charge in [0, 0.05) is 68.0 Å². The quantitative estimate of drug-likeness (QED) is 0.0979. The van der Waals surface area contributed by atoms with Gasteiger partial charge in [-0.15, -0.1) is 0 Å². The van der Waals surface area contributed by atoms with E-state index in [4.69, 9.17) is 18.9 Å². The lowest BCUT2D eigenvalue weighted by Crippen LogP contribution is -2.62. The molecular formula is C49H31F18I3NO20-3. The highest BCUT2D eigenvalue weighted by Gasteiger charge is 2.78. The summed E-state index contributed by atoms with van der Waals surface area (Å²) in [7, 11) is 0. The second-order valence-electron chi connectivity index (χ2n) is 20.5. The molecule has 21 nitrogen and oxygen atoms in total. The minimum absolute atomic E-state index is 0.139. The molecule has 502 valence electrons. The molecule has 2 aromatic carbocycles. The Balaban J connectivity index is 0.000000224. The van der Waals surface area contributed by atoms with Gasteiger partial charge in [-0.25, -0.2) is 14.4 Å². The van der Waals surface area contributed by atoms with Crippen LogP contribution in [-0.2, 0) is 66.7 Å². The number of hydrogen-bond donors (Lipinski definition) is 1. The summed E-state index contributed by atoms with van der Waals surface area (Å²) in [6, 6.07) is 9.07. The van der Waals surface area contributed by atoms with Gasteiger partial charge in [-0.05, 0) is 117 Å². The third-order valence-corrected chi connectivity index (χ3v) is 17.4. The molecule has 2 aliphatic heterocycles. The fraction of sp³-hybridized carbons (Fsp3) is 0.551. The van der Waals surface area contributed by atoms with Crippen molar-refractivity contribution in [3.05, 3.63) is 58.2 Å². The average Bonchev–Trinajstić information content (AvgIpc) is 1.58. The highest BCUT2D eigenvalue weighted by molar-refractivity contribution is 14.1. The summed E-state index contributed by atoms with van der Waals surface area (Å²) in [5, 5.41) is 51.2. The third-order valence-electron chi connectivity index (χ3n) is 15.2. The van der Waals surface area contributed by atoms with E-state index in [9.17, 15) is 148 Å². The van der Waals surface area contributed by atoms with E-state index < -0.39 is 217 Å². The van der Waals surface area contributed by atoms with Gasteiger partial charge in [-0.3, -0.25) is 14.4 Å². The van der Waals surface area contributed by atoms with Crippen molar-refractivity contribution in [1.29, 1.82) is 5.26 Å². The largest absolute Gasteiger partial charge is 0.550 e. The monoisotopic (exact) mass is 1680 g/mol. The molecule has 0 spiro atoms. The van der Waals surface area contributed by atoms with Crippen molar-refractivity contribution >= 4 is 121 Å². The van der Waals surface area contributed by atoms with Crippen LogP contribution < -0.4 is 15.3 Å². The second kappa shape index (κ2) is 26.0. The zero-order chi connectivity index (χ0) is 69.2. The summed E-state index contributed by atoms with van der Waals surface area (Å²) < 4.78 is 271. The molecule has 12 unspecified atom stereocenters. The van der Waals surface area contributed by atoms with Gasteiger partial charge >= 0.3 is 89.7 Å². The van der Waals surface area contributed by atoms with Crippen molar-refractivity contribution in [3.63, 3.8) is 0 Å². The second-order valence-corrected chi connectivity index (χ2v) is 24.2. The lowest BCUT2D eigenvalue weighted by Gasteiger charge is -2.38. The van der Waals surface area contributed by atoms with Gasteiger partial charge < -0.3 is 68.0 Å². The van der Waals surface area contributed by atoms with Crippen LogP contribution in [0.4, 0.5) is 79.0 Å². The van der Waals surface area contributed by atoms with E-state index >= 15 is 0 Å². The van der Waals surface area contributed by atoms with Crippen LogP contribution in [0.3, 0.4) is 0 Å². The highest BCUT2D eigenvalue weighted by Crippen LogP contribution is 2.61. The molecule has 91 heavy (non-hydrogen) atoms. The first-order valence-electron chi connectivity index (χ1n) is 24.7. The van der Waals surface area contributed by atoms with Crippen molar-refractivity contribution in [2.45, 2.75) is 110 Å². The number of alkyl halides is 18. The van der Waals surface area contributed by atoms with Crippen molar-refractivity contribution in [2.75, 3.05) is 6.61 Å². The molecule has 6 fully saturated rings. The van der Waals surface area contributed by atoms with Crippen molar-refractivity contribution in [1.82, 2.24) is 0 Å². The molecule has 0 amide bonds. The lowest BCUT2D eigenvalue weighted by molar-refractivity contribution is -0.382. The number of rotatable bonds is 16. The number of phenolic OH excluding ortho intramolecular Hbond substituents is 1. The van der Waals surface area contributed by atoms with Crippen molar-refractivity contribution in [3.8, 4) is 11.8 Å². The van der Waals surface area contributed by atoms with Gasteiger partial charge in [0.1, 0.15) is 36.2 Å². The summed E-state index contributed by atoms with van der Waals surface area (Å²) in [5.41, 5.74) is -16.9. The van der Waals surface area contributed by atoms with E-state index in [0.717, 1.165) is 12.1 Å². The Labute approximate surface area is 534 Å². The Morgan fingerprint density at radius 1 is 0.560 bits per heavy atom. The van der Waals surface area contributed by atoms with Gasteiger partial charge in [-0.1, -0.05) is 0 Å². The molecule has 4 bridgehead atoms. The molecule has 4 saturated carbocycles. The minimum Gasteiger partial charge on any atom is -0.550 e. The molecule has 2 heterocycles. The zero-order valence-electron chi connectivity index (χ0n) is 43.7. The first-order valence-corrected chi connectivity index (χ1v) is 27.9. The SMILES string of the molecule is N#CC1C2CC3C(OC(=O)C13)C2OCC(=O)OC(CC(=O)[O-])(C(F)(F)F)C(F)(F)F.O=C([O-])CC(OC(=O)C1C2CC3C(OC(=O)C31)C2OC(=O)c1cc(I)cc(I)c1O)(C(F)(F)F)C(F)(F)F.O=C([O-])CC(OC(=O)c1ccc(I)cc1)(C(F)(F)F)C(F)(F)F. The number of carboxylic acids is 3. The number of phenols is 1. The summed E-state index contributed by atoms with van der Waals surface area (Å²) in [6.45, 7) is -1.41. The van der Waals surface area contributed by atoms with Crippen molar-refractivity contribution < 1.29 is 176 Å². The number of benzene rings is 2. The lowest BCUT2D eigenvalue weighted by atomic mass is 9.78. The standard InChI is InChI=1S/C21H14F6I2O9.C16H13F6NO7.C12H7F6IO4/c22-20(23,24)19(4-10(30)31,21(25,26)27)38-18(35)12-7-3-6-11(12)17(34)37-15(6)14(7)36-16(33)8-1-5(28)2-9(29)13(8)32;17-15(18,19)14(2-8(24)25,16(20,21)22)30-9(26)4-28-11-5-1-6-10(7(5)3-23)13(27)29-12(6)11;13-11(14,15)10(5-8(20)21,12(16,17)18)23-9(22)6-1-3-7(19)4-2-6/h1-2,6-7,11-12,14-15,32H,3-4H2,(H,30,31);5-7,10-12H,1-2,4H2,(H,24,25);1-4H,5H2,(H,20,21)/p-3. The molecule has 0 radical (unpaired) electrons. The Morgan fingerprint density at radius 3 is 1.43 bits per heavy atom. The maximum Gasteiger partial charge on any atom is 0.437 e. The van der Waals surface area contributed by atoms with Crippen LogP contribution in [-0.4, -0.2) is 144 Å². The van der Waals surface area contributed by atoms with E-state index in [0.29, 0.717) is 13.6 Å². The molecule has 0 aromatic heterocycles. The Morgan fingerprint density at radius 2 is 0.978 bits per heavy atom. The molecule has 2 saturated heterocycles. The predicted octanol–water partition coefficient (Wildman–Crippen LogP) is 5.18. The average molecular weight is 1680 g/mol. The van der Waals surface area contributed by atoms with Crippen LogP contribution in [0.5, 0.6) is 5.75 Å². The number of carbonyl (C=O) groups excluding carboxylic acids is 9. The number of aromatic hydroxyl groups is 1. The van der Waals surface area contributed by atoms with Crippen LogP contribution in [0.2, 0.25) is 0 Å². The topological polar surface area (TPSA) is 331 Å². The van der Waals surface area contributed by atoms with Gasteiger partial charge in [-0.2, -0.15) is 84.3 Å². The van der Waals surface area contributed by atoms with E-state index in [1.54, 1.807) is 45.2 Å². The predicted molar refractivity (Wildman–Crippen MR) is 265 cm³/mol. The molecule has 12 atom stereocenters. The molecule has 1 N–H and O–H groups in total. The molecule has 6 aliphatic rings. The van der Waals surface area contributed by atoms with Crippen LogP contribution in [0.25, 0.3) is 0 Å². The first kappa shape index (κ1) is 73.9. The number of nitrogens with zero attached hydrogens (tertiary/aromatic N) is 1. The smallest absolute Gasteiger partial charge is 0.437 e. The van der Waals surface area contributed by atoms with Gasteiger partial charge in [0.2, 0.25) is 0 Å². The van der Waals surface area contributed by atoms with E-state index in [1.807, 2.05) is 28.7 Å². The number of carbonyl (C=O) groups is 9. The summed E-state index contributed by atoms with van der Waals surface area (Å²) in [5.74, 6) is -26.0. The van der Waals surface area contributed by atoms with Crippen LogP contribution in [0, 0.1) is 69.4 Å². The number of esters is 6. The van der Waals surface area contributed by atoms with Gasteiger partial charge in [0.15, 0.2) is 0 Å². The fourth-order valence-corrected chi connectivity index (χ4v) is 13.5. The van der Waals surface area contributed by atoms with E-state index in [2.05, 4.69) is 14.2 Å². The third kappa shape index (κ3) is 14.2. The maximum absolute atomic E-state index is 13.6. The summed E-state index contributed by atoms with van der Waals surface area (Å²) in [6.07, 6.45) is -50.3. The number of fused-ring (bicyclic) bond motifs is 2. The van der Waals surface area contributed by atoms with Crippen LogP contribution >= 0.6 is 67.8 Å². The summed E-state index contributed by atoms with van der Waals surface area (Å²) in [4.78, 5) is 105. The number of aliphatic carboxylic acids is 3. The molecule has 4 aliphatic carbocycles. The maximum atomic E-state index is 13.6. The number of carboxylic acid groups (broad SMARTS) is 3. The number of hydrogen-bond acceptors (Lipinski definition) is 21. The number of halogens is 21. The molecule has 42 heteroatoms. The molecular weight excluding hydrogens is 1650 g/mol. The number of ether oxygens (including phenoxy) is 7. The highest BCUT2D eigenvalue weighted by atomic mass is 127. The van der Waals surface area contributed by atoms with E-state index in [-0.39, 0.29) is 15.6 Å². The Hall–Kier alpha value is -6.15. The normalized spacial score (nSPS) is 25.8. The Kier molecular flexibility index (Phi) is 21.1. The van der Waals surface area contributed by atoms with Crippen molar-refractivity contribution in [2.24, 2.45) is 47.3 Å². The van der Waals surface area contributed by atoms with Gasteiger partial charge in [0.05, 0.1) is 45.0 Å². The zero-order valence-corrected chi connectivity index (χ0v) is 50.2. The summed E-state index contributed by atoms with van der Waals surface area (Å²) >= 11 is 5.37. The van der Waals surface area contributed by atoms with Crippen LogP contribution in [0.15, 0.2) is 36.4 Å². The fourth-order valence-electron chi connectivity index (χ4n) is 11.3.